The van der Waals surface area contributed by atoms with Gasteiger partial charge in [0.1, 0.15) is 5.69 Å². The lowest BCUT2D eigenvalue weighted by Crippen LogP contribution is -2.29. The molecule has 0 atom stereocenters. The molecule has 0 bridgehead atoms. The summed E-state index contributed by atoms with van der Waals surface area (Å²) in [5.41, 5.74) is 4.95. The van der Waals surface area contributed by atoms with E-state index in [4.69, 9.17) is 16.7 Å². The van der Waals surface area contributed by atoms with Crippen LogP contribution in [0.5, 0.6) is 0 Å². The number of nitrogens with one attached hydrogen (secondary N) is 1. The van der Waals surface area contributed by atoms with Crippen LogP contribution in [0.1, 0.15) is 29.7 Å². The summed E-state index contributed by atoms with van der Waals surface area (Å²) in [6, 6.07) is 12.7. The maximum atomic E-state index is 12.4. The van der Waals surface area contributed by atoms with Crippen LogP contribution in [0.4, 0.5) is 0 Å². The molecule has 8 heteroatoms. The number of pyridine rings is 1. The Labute approximate surface area is 176 Å². The monoisotopic (exact) mass is 430 g/mol. The van der Waals surface area contributed by atoms with Gasteiger partial charge in [-0.05, 0) is 55.5 Å². The molecule has 29 heavy (non-hydrogen) atoms. The molecule has 1 aliphatic rings. The number of fused-ring (bicyclic) bond motifs is 1. The molecule has 1 aliphatic carbocycles. The number of benzene rings is 1. The molecule has 0 fully saturated rings. The highest BCUT2D eigenvalue weighted by atomic mass is 35.5. The molecule has 0 saturated heterocycles. The highest BCUT2D eigenvalue weighted by Crippen LogP contribution is 2.30. The lowest BCUT2D eigenvalue weighted by atomic mass is 9.95. The summed E-state index contributed by atoms with van der Waals surface area (Å²) >= 11 is 5.86. The number of hydrogen-bond donors (Lipinski definition) is 1. The quantitative estimate of drug-likeness (QED) is 0.621. The summed E-state index contributed by atoms with van der Waals surface area (Å²) in [5, 5.41) is 5.37. The van der Waals surface area contributed by atoms with Crippen molar-refractivity contribution in [2.75, 3.05) is 6.54 Å². The molecule has 3 aromatic rings. The Morgan fingerprint density at radius 2 is 1.86 bits per heavy atom. The number of nitrogens with zero attached hydrogens (tertiary/aromatic N) is 3. The highest BCUT2D eigenvalue weighted by Gasteiger charge is 2.22. The van der Waals surface area contributed by atoms with Gasteiger partial charge in [-0.1, -0.05) is 29.8 Å². The summed E-state index contributed by atoms with van der Waals surface area (Å²) in [6.07, 6.45) is 6.00. The molecular weight excluding hydrogens is 408 g/mol. The Hall–Kier alpha value is -2.22. The van der Waals surface area contributed by atoms with Crippen LogP contribution in [0.15, 0.2) is 48.7 Å². The van der Waals surface area contributed by atoms with Crippen LogP contribution in [-0.4, -0.2) is 29.7 Å². The Balaban J connectivity index is 1.46. The van der Waals surface area contributed by atoms with Gasteiger partial charge in [0.15, 0.2) is 0 Å². The van der Waals surface area contributed by atoms with Crippen molar-refractivity contribution in [3.05, 3.63) is 70.5 Å². The molecule has 2 aromatic heterocycles. The van der Waals surface area contributed by atoms with Crippen molar-refractivity contribution in [2.45, 2.75) is 38.0 Å². The van der Waals surface area contributed by atoms with Crippen molar-refractivity contribution >= 4 is 21.6 Å². The van der Waals surface area contributed by atoms with Gasteiger partial charge in [0, 0.05) is 29.0 Å². The average molecular weight is 431 g/mol. The van der Waals surface area contributed by atoms with E-state index in [9.17, 15) is 8.42 Å². The van der Waals surface area contributed by atoms with Gasteiger partial charge in [0.05, 0.1) is 18.0 Å². The second-order valence-corrected chi connectivity index (χ2v) is 9.44. The van der Waals surface area contributed by atoms with E-state index in [-0.39, 0.29) is 5.75 Å². The van der Waals surface area contributed by atoms with Crippen molar-refractivity contribution in [2.24, 2.45) is 0 Å². The van der Waals surface area contributed by atoms with Crippen LogP contribution in [0.2, 0.25) is 5.02 Å². The molecule has 0 aliphatic heterocycles. The van der Waals surface area contributed by atoms with Crippen molar-refractivity contribution < 1.29 is 8.42 Å². The summed E-state index contributed by atoms with van der Waals surface area (Å²) in [7, 11) is -3.43. The van der Waals surface area contributed by atoms with Gasteiger partial charge in [-0.2, -0.15) is 5.10 Å². The van der Waals surface area contributed by atoms with E-state index in [1.165, 1.54) is 11.3 Å². The van der Waals surface area contributed by atoms with Crippen molar-refractivity contribution in [3.63, 3.8) is 0 Å². The van der Waals surface area contributed by atoms with E-state index in [2.05, 4.69) is 9.71 Å². The largest absolute Gasteiger partial charge is 0.267 e. The molecule has 0 spiro atoms. The van der Waals surface area contributed by atoms with Gasteiger partial charge < -0.3 is 0 Å². The van der Waals surface area contributed by atoms with Crippen LogP contribution in [-0.2, 0) is 35.2 Å². The molecule has 1 aromatic carbocycles. The summed E-state index contributed by atoms with van der Waals surface area (Å²) in [5.74, 6) is -0.0689. The maximum Gasteiger partial charge on any atom is 0.215 e. The van der Waals surface area contributed by atoms with Gasteiger partial charge in [0.2, 0.25) is 10.0 Å². The Morgan fingerprint density at radius 3 is 2.62 bits per heavy atom. The summed E-state index contributed by atoms with van der Waals surface area (Å²) in [4.78, 5) is 4.45. The summed E-state index contributed by atoms with van der Waals surface area (Å²) < 4.78 is 29.5. The molecule has 1 N–H and O–H groups in total. The number of aromatic nitrogens is 3. The first kappa shape index (κ1) is 20.1. The molecule has 6 nitrogen and oxygen atoms in total. The minimum Gasteiger partial charge on any atom is -0.267 e. The Morgan fingerprint density at radius 1 is 1.07 bits per heavy atom. The molecule has 0 amide bonds. The Kier molecular flexibility index (Phi) is 5.99. The fraction of sp³-hybridized carbons (Fsp3) is 0.333. The number of sulfonamides is 1. The van der Waals surface area contributed by atoms with E-state index in [0.29, 0.717) is 23.7 Å². The minimum atomic E-state index is -3.43. The number of halogens is 1. The first-order valence-electron chi connectivity index (χ1n) is 9.73. The predicted molar refractivity (Wildman–Crippen MR) is 114 cm³/mol. The number of hydrogen-bond acceptors (Lipinski definition) is 4. The molecule has 2 heterocycles. The number of rotatable bonds is 7. The normalized spacial score (nSPS) is 14.0. The molecule has 152 valence electrons. The van der Waals surface area contributed by atoms with Gasteiger partial charge in [-0.25, -0.2) is 13.1 Å². The van der Waals surface area contributed by atoms with Crippen LogP contribution in [0.25, 0.3) is 11.4 Å². The highest BCUT2D eigenvalue weighted by molar-refractivity contribution is 7.88. The molecular formula is C21H23ClN4O2S. The third-order valence-corrected chi connectivity index (χ3v) is 6.69. The third-order valence-electron chi connectivity index (χ3n) is 5.08. The van der Waals surface area contributed by atoms with E-state index >= 15 is 0 Å². The lowest BCUT2D eigenvalue weighted by Gasteiger charge is -2.14. The molecule has 0 radical (unpaired) electrons. The maximum absolute atomic E-state index is 12.4. The van der Waals surface area contributed by atoms with Gasteiger partial charge in [-0.3, -0.25) is 9.67 Å². The second kappa shape index (κ2) is 8.65. The average Bonchev–Trinajstić information content (AvgIpc) is 3.09. The van der Waals surface area contributed by atoms with Crippen molar-refractivity contribution in [3.8, 4) is 11.4 Å². The van der Waals surface area contributed by atoms with Gasteiger partial charge in [0.25, 0.3) is 0 Å². The first-order valence-corrected chi connectivity index (χ1v) is 11.8. The third kappa shape index (κ3) is 4.86. The van der Waals surface area contributed by atoms with E-state index < -0.39 is 10.0 Å². The second-order valence-electron chi connectivity index (χ2n) is 7.20. The van der Waals surface area contributed by atoms with Gasteiger partial charge in [-0.15, -0.1) is 0 Å². The zero-order valence-corrected chi connectivity index (χ0v) is 17.6. The summed E-state index contributed by atoms with van der Waals surface area (Å²) in [6.45, 7) is 0.792. The Bertz CT molecular complexity index is 1080. The SMILES string of the molecule is O=S(=O)(Cc1ccc(Cl)cc1)NCCn1nc(-c2ccccn2)c2c1CCCC2. The minimum absolute atomic E-state index is 0.0689. The van der Waals surface area contributed by atoms with Crippen LogP contribution < -0.4 is 4.72 Å². The smallest absolute Gasteiger partial charge is 0.215 e. The van der Waals surface area contributed by atoms with Crippen molar-refractivity contribution in [1.29, 1.82) is 0 Å². The van der Waals surface area contributed by atoms with Crippen LogP contribution >= 0.6 is 11.6 Å². The zero-order chi connectivity index (χ0) is 20.3. The standard InChI is InChI=1S/C21H23ClN4O2S/c22-17-10-8-16(9-11-17)15-29(27,28)24-13-14-26-20-7-2-1-5-18(20)21(25-26)19-6-3-4-12-23-19/h3-4,6,8-12,24H,1-2,5,7,13-15H2. The molecule has 0 unspecified atom stereocenters. The van der Waals surface area contributed by atoms with E-state index in [1.807, 2.05) is 22.9 Å². The predicted octanol–water partition coefficient (Wildman–Crippen LogP) is 3.60. The fourth-order valence-electron chi connectivity index (χ4n) is 3.72. The zero-order valence-electron chi connectivity index (χ0n) is 16.0. The van der Waals surface area contributed by atoms with E-state index in [0.717, 1.165) is 37.1 Å². The topological polar surface area (TPSA) is 76.9 Å². The van der Waals surface area contributed by atoms with Crippen LogP contribution in [0, 0.1) is 0 Å². The lowest BCUT2D eigenvalue weighted by molar-refractivity contribution is 0.538. The van der Waals surface area contributed by atoms with Crippen LogP contribution in [0.3, 0.4) is 0 Å². The van der Waals surface area contributed by atoms with Gasteiger partial charge >= 0.3 is 0 Å². The van der Waals surface area contributed by atoms with Crippen molar-refractivity contribution in [1.82, 2.24) is 19.5 Å². The fourth-order valence-corrected chi connectivity index (χ4v) is 4.98. The van der Waals surface area contributed by atoms with E-state index in [1.54, 1.807) is 30.5 Å². The first-order chi connectivity index (χ1) is 14.0. The molecule has 4 rings (SSSR count). The molecule has 0 saturated carbocycles.